The maximum atomic E-state index is 3.57. The topological polar surface area (TPSA) is 3.24 Å². The van der Waals surface area contributed by atoms with Crippen LogP contribution < -0.4 is 0 Å². The van der Waals surface area contributed by atoms with Gasteiger partial charge in [-0.3, -0.25) is 0 Å². The van der Waals surface area contributed by atoms with Crippen LogP contribution >= 0.6 is 15.9 Å². The lowest BCUT2D eigenvalue weighted by atomic mass is 10.1. The van der Waals surface area contributed by atoms with Crippen LogP contribution in [0.5, 0.6) is 0 Å². The van der Waals surface area contributed by atoms with Gasteiger partial charge in [0.15, 0.2) is 0 Å². The number of alkyl halides is 1. The third kappa shape index (κ3) is 9.39. The van der Waals surface area contributed by atoms with Gasteiger partial charge < -0.3 is 4.90 Å². The van der Waals surface area contributed by atoms with Gasteiger partial charge in [0.2, 0.25) is 0 Å². The van der Waals surface area contributed by atoms with Gasteiger partial charge in [0, 0.05) is 11.9 Å². The van der Waals surface area contributed by atoms with E-state index in [0.29, 0.717) is 0 Å². The molecule has 0 bridgehead atoms. The summed E-state index contributed by atoms with van der Waals surface area (Å²) in [7, 11) is 0. The van der Waals surface area contributed by atoms with Crippen molar-refractivity contribution in [3.8, 4) is 0 Å². The minimum atomic E-state index is 0.970. The Hall–Kier alpha value is 0.440. The Morgan fingerprint density at radius 3 is 2.10 bits per heavy atom. The summed E-state index contributed by atoms with van der Waals surface area (Å²) in [4.78, 5) is 2.69. The highest BCUT2D eigenvalue weighted by Crippen LogP contribution is 2.20. The molecule has 1 aliphatic heterocycles. The molecule has 1 aliphatic rings. The summed E-state index contributed by atoms with van der Waals surface area (Å²) in [6, 6.07) is 0. The van der Waals surface area contributed by atoms with Crippen molar-refractivity contribution in [3.63, 3.8) is 0 Å². The minimum Gasteiger partial charge on any atom is -0.303 e. The molecule has 0 radical (unpaired) electrons. The number of rotatable bonds is 13. The highest BCUT2D eigenvalue weighted by molar-refractivity contribution is 9.09. The molecule has 0 saturated carbocycles. The van der Waals surface area contributed by atoms with Crippen LogP contribution in [0.15, 0.2) is 0 Å². The first kappa shape index (κ1) is 18.5. The molecule has 0 aromatic carbocycles. The van der Waals surface area contributed by atoms with E-state index in [1.54, 1.807) is 0 Å². The third-order valence-electron chi connectivity index (χ3n) is 4.72. The Morgan fingerprint density at radius 2 is 1.50 bits per heavy atom. The summed E-state index contributed by atoms with van der Waals surface area (Å²) in [6.07, 6.45) is 17.3. The molecule has 0 aliphatic carbocycles. The summed E-state index contributed by atoms with van der Waals surface area (Å²) in [5.41, 5.74) is 0. The molecule has 0 spiro atoms. The molecule has 2 heteroatoms. The lowest BCUT2D eigenvalue weighted by Gasteiger charge is -2.15. The molecular formula is C18H36BrN. The van der Waals surface area contributed by atoms with Crippen molar-refractivity contribution in [2.75, 3.05) is 25.0 Å². The lowest BCUT2D eigenvalue weighted by molar-refractivity contribution is 0.313. The van der Waals surface area contributed by atoms with E-state index < -0.39 is 0 Å². The molecular weight excluding hydrogens is 310 g/mol. The molecule has 20 heavy (non-hydrogen) atoms. The standard InChI is InChI=1S/C18H36BrN/c1-2-3-4-5-6-7-8-9-10-11-15-20-16-13-18(17-20)12-14-19/h18H,2-17H2,1H3. The van der Waals surface area contributed by atoms with Crippen molar-refractivity contribution in [1.29, 1.82) is 0 Å². The summed E-state index contributed by atoms with van der Waals surface area (Å²) >= 11 is 3.57. The molecule has 1 fully saturated rings. The normalized spacial score (nSPS) is 19.8. The fraction of sp³-hybridized carbons (Fsp3) is 1.00. The zero-order chi connectivity index (χ0) is 14.5. The van der Waals surface area contributed by atoms with E-state index in [-0.39, 0.29) is 0 Å². The van der Waals surface area contributed by atoms with Crippen molar-refractivity contribution < 1.29 is 0 Å². The van der Waals surface area contributed by atoms with Gasteiger partial charge in [-0.25, -0.2) is 0 Å². The van der Waals surface area contributed by atoms with Crippen LogP contribution in [-0.4, -0.2) is 29.9 Å². The molecule has 1 rings (SSSR count). The van der Waals surface area contributed by atoms with Crippen LogP contribution in [0.25, 0.3) is 0 Å². The van der Waals surface area contributed by atoms with Gasteiger partial charge in [-0.1, -0.05) is 80.6 Å². The van der Waals surface area contributed by atoms with Crippen molar-refractivity contribution >= 4 is 15.9 Å². The summed E-state index contributed by atoms with van der Waals surface area (Å²) in [6.45, 7) is 6.37. The molecule has 0 N–H and O–H groups in total. The number of nitrogens with zero attached hydrogens (tertiary/aromatic N) is 1. The second kappa shape index (κ2) is 13.1. The Morgan fingerprint density at radius 1 is 0.900 bits per heavy atom. The largest absolute Gasteiger partial charge is 0.303 e. The molecule has 1 saturated heterocycles. The Kier molecular flexibility index (Phi) is 12.1. The van der Waals surface area contributed by atoms with Crippen LogP contribution in [-0.2, 0) is 0 Å². The number of unbranched alkanes of at least 4 members (excludes halogenated alkanes) is 9. The number of likely N-dealkylation sites (tertiary alicyclic amines) is 1. The molecule has 1 heterocycles. The second-order valence-corrected chi connectivity index (χ2v) is 7.41. The van der Waals surface area contributed by atoms with Gasteiger partial charge in [0.25, 0.3) is 0 Å². The molecule has 1 unspecified atom stereocenters. The Bertz CT molecular complexity index is 208. The SMILES string of the molecule is CCCCCCCCCCCCN1CCC(CCBr)C1. The van der Waals surface area contributed by atoms with Gasteiger partial charge in [0.05, 0.1) is 0 Å². The zero-order valence-electron chi connectivity index (χ0n) is 13.7. The van der Waals surface area contributed by atoms with E-state index in [2.05, 4.69) is 27.8 Å². The average molecular weight is 346 g/mol. The highest BCUT2D eigenvalue weighted by Gasteiger charge is 2.20. The number of hydrogen-bond donors (Lipinski definition) is 0. The van der Waals surface area contributed by atoms with Gasteiger partial charge in [0.1, 0.15) is 0 Å². The maximum Gasteiger partial charge on any atom is 0.00344 e. The van der Waals surface area contributed by atoms with E-state index in [9.17, 15) is 0 Å². The first-order valence-electron chi connectivity index (χ1n) is 9.15. The molecule has 1 atom stereocenters. The van der Waals surface area contributed by atoms with E-state index >= 15 is 0 Å². The minimum absolute atomic E-state index is 0.970. The van der Waals surface area contributed by atoms with Crippen LogP contribution in [0.1, 0.15) is 84.0 Å². The van der Waals surface area contributed by atoms with Crippen molar-refractivity contribution in [3.05, 3.63) is 0 Å². The molecule has 120 valence electrons. The van der Waals surface area contributed by atoms with Crippen LogP contribution in [0.4, 0.5) is 0 Å². The Balaban J connectivity index is 1.79. The number of halogens is 1. The summed E-state index contributed by atoms with van der Waals surface area (Å²) in [5, 5.41) is 1.18. The molecule has 0 aromatic heterocycles. The molecule has 1 nitrogen and oxygen atoms in total. The lowest BCUT2D eigenvalue weighted by Crippen LogP contribution is -2.22. The zero-order valence-corrected chi connectivity index (χ0v) is 15.3. The monoisotopic (exact) mass is 345 g/mol. The molecule has 0 aromatic rings. The van der Waals surface area contributed by atoms with Gasteiger partial charge >= 0.3 is 0 Å². The summed E-state index contributed by atoms with van der Waals surface area (Å²) < 4.78 is 0. The summed E-state index contributed by atoms with van der Waals surface area (Å²) in [5.74, 6) is 0.970. The van der Waals surface area contributed by atoms with Gasteiger partial charge in [-0.2, -0.15) is 0 Å². The van der Waals surface area contributed by atoms with Gasteiger partial charge in [-0.15, -0.1) is 0 Å². The van der Waals surface area contributed by atoms with E-state index in [0.717, 1.165) is 5.92 Å². The van der Waals surface area contributed by atoms with Crippen molar-refractivity contribution in [1.82, 2.24) is 4.90 Å². The van der Waals surface area contributed by atoms with E-state index in [4.69, 9.17) is 0 Å². The third-order valence-corrected chi connectivity index (χ3v) is 5.17. The highest BCUT2D eigenvalue weighted by atomic mass is 79.9. The second-order valence-electron chi connectivity index (χ2n) is 6.61. The van der Waals surface area contributed by atoms with Crippen molar-refractivity contribution in [2.24, 2.45) is 5.92 Å². The van der Waals surface area contributed by atoms with Crippen LogP contribution in [0.3, 0.4) is 0 Å². The van der Waals surface area contributed by atoms with Crippen molar-refractivity contribution in [2.45, 2.75) is 84.0 Å². The predicted molar refractivity (Wildman–Crippen MR) is 94.8 cm³/mol. The first-order valence-corrected chi connectivity index (χ1v) is 10.3. The quantitative estimate of drug-likeness (QED) is 0.291. The fourth-order valence-electron chi connectivity index (χ4n) is 3.33. The fourth-order valence-corrected chi connectivity index (χ4v) is 3.98. The van der Waals surface area contributed by atoms with Crippen LogP contribution in [0, 0.1) is 5.92 Å². The van der Waals surface area contributed by atoms with Gasteiger partial charge in [-0.05, 0) is 38.3 Å². The van der Waals surface area contributed by atoms with E-state index in [1.165, 1.54) is 102 Å². The predicted octanol–water partition coefficient (Wildman–Crippen LogP) is 6.01. The number of hydrogen-bond acceptors (Lipinski definition) is 1. The smallest absolute Gasteiger partial charge is 0.00344 e. The average Bonchev–Trinajstić information content (AvgIpc) is 2.89. The maximum absolute atomic E-state index is 3.57. The first-order chi connectivity index (χ1) is 9.86. The van der Waals surface area contributed by atoms with Crippen LogP contribution in [0.2, 0.25) is 0 Å². The Labute approximate surface area is 136 Å². The van der Waals surface area contributed by atoms with E-state index in [1.807, 2.05) is 0 Å². The molecule has 0 amide bonds.